The standard InChI is InChI=1S/C15H16F3N3O.C7H5F3O.C2H2/c16-15(17,18)13-11(22-8-10-3-4-10)5-6-21-12(7-9-1-2-9)19-20-14(13)21;8-7(9,10)11-6-4-2-1-3-5-6;1-2/h5-6,9-10H,1-4,7-8H2;1-5H;1-2H. The van der Waals surface area contributed by atoms with Gasteiger partial charge in [0.15, 0.2) is 5.65 Å². The number of halogens is 6. The van der Waals surface area contributed by atoms with Crippen LogP contribution in [0.5, 0.6) is 11.5 Å². The Morgan fingerprint density at radius 1 is 0.886 bits per heavy atom. The van der Waals surface area contributed by atoms with Gasteiger partial charge in [0.05, 0.1) is 6.61 Å². The van der Waals surface area contributed by atoms with Crippen LogP contribution >= 0.6 is 0 Å². The highest BCUT2D eigenvalue weighted by atomic mass is 19.4. The zero-order valence-corrected chi connectivity index (χ0v) is 18.5. The highest BCUT2D eigenvalue weighted by molar-refractivity contribution is 5.56. The SMILES string of the molecule is C#C.FC(F)(F)Oc1ccccc1.FC(F)(F)c1c(OCC2CC2)ccn2c(CC3CC3)nnc12. The second-order valence-corrected chi connectivity index (χ2v) is 8.13. The molecular formula is C24H23F6N3O2. The number of hydrogen-bond donors (Lipinski definition) is 0. The average Bonchev–Trinajstić information content (AvgIpc) is 3.72. The zero-order valence-electron chi connectivity index (χ0n) is 18.5. The number of alkyl halides is 6. The second-order valence-electron chi connectivity index (χ2n) is 8.13. The number of aromatic nitrogens is 3. The summed E-state index contributed by atoms with van der Waals surface area (Å²) < 4.78 is 85.3. The molecule has 0 spiro atoms. The third-order valence-electron chi connectivity index (χ3n) is 5.21. The van der Waals surface area contributed by atoms with Crippen LogP contribution in [-0.4, -0.2) is 27.6 Å². The van der Waals surface area contributed by atoms with Gasteiger partial charge in [0, 0.05) is 12.6 Å². The first kappa shape index (κ1) is 26.2. The molecule has 0 aliphatic heterocycles. The third-order valence-corrected chi connectivity index (χ3v) is 5.21. The van der Waals surface area contributed by atoms with Gasteiger partial charge in [-0.25, -0.2) is 0 Å². The van der Waals surface area contributed by atoms with Crippen molar-refractivity contribution >= 4 is 5.65 Å². The van der Waals surface area contributed by atoms with E-state index >= 15 is 0 Å². The molecule has 5 rings (SSSR count). The molecule has 5 nitrogen and oxygen atoms in total. The molecule has 0 unspecified atom stereocenters. The van der Waals surface area contributed by atoms with E-state index in [9.17, 15) is 26.3 Å². The molecule has 0 atom stereocenters. The van der Waals surface area contributed by atoms with Crippen LogP contribution in [-0.2, 0) is 12.6 Å². The largest absolute Gasteiger partial charge is 0.573 e. The van der Waals surface area contributed by atoms with Gasteiger partial charge in [-0.05, 0) is 55.7 Å². The lowest BCUT2D eigenvalue weighted by atomic mass is 10.2. The van der Waals surface area contributed by atoms with Crippen molar-refractivity contribution < 1.29 is 35.8 Å². The van der Waals surface area contributed by atoms with Gasteiger partial charge < -0.3 is 9.47 Å². The van der Waals surface area contributed by atoms with E-state index in [0.717, 1.165) is 25.7 Å². The maximum atomic E-state index is 13.4. The lowest BCUT2D eigenvalue weighted by molar-refractivity contribution is -0.274. The lowest BCUT2D eigenvalue weighted by Crippen LogP contribution is -2.16. The molecule has 2 saturated carbocycles. The molecule has 11 heteroatoms. The minimum Gasteiger partial charge on any atom is -0.492 e. The van der Waals surface area contributed by atoms with Crippen LogP contribution in [0.15, 0.2) is 42.6 Å². The molecule has 2 aliphatic rings. The molecule has 2 aliphatic carbocycles. The number of benzene rings is 1. The van der Waals surface area contributed by atoms with Gasteiger partial charge in [-0.1, -0.05) is 18.2 Å². The fraction of sp³-hybridized carbons (Fsp3) is 0.417. The molecule has 2 aromatic heterocycles. The van der Waals surface area contributed by atoms with Crippen LogP contribution in [0.2, 0.25) is 0 Å². The van der Waals surface area contributed by atoms with Crippen LogP contribution in [0.25, 0.3) is 5.65 Å². The number of rotatable bonds is 6. The van der Waals surface area contributed by atoms with Crippen molar-refractivity contribution in [1.29, 1.82) is 0 Å². The van der Waals surface area contributed by atoms with Gasteiger partial charge in [-0.15, -0.1) is 36.2 Å². The Morgan fingerprint density at radius 2 is 1.51 bits per heavy atom. The maximum Gasteiger partial charge on any atom is 0.573 e. The van der Waals surface area contributed by atoms with Crippen molar-refractivity contribution in [2.45, 2.75) is 44.6 Å². The van der Waals surface area contributed by atoms with Crippen LogP contribution in [0.1, 0.15) is 37.1 Å². The Morgan fingerprint density at radius 3 is 2.06 bits per heavy atom. The van der Waals surface area contributed by atoms with Crippen LogP contribution in [0.3, 0.4) is 0 Å². The van der Waals surface area contributed by atoms with Gasteiger partial charge in [0.2, 0.25) is 0 Å². The zero-order chi connectivity index (χ0) is 25.6. The molecule has 0 N–H and O–H groups in total. The van der Waals surface area contributed by atoms with E-state index in [0.29, 0.717) is 30.7 Å². The summed E-state index contributed by atoms with van der Waals surface area (Å²) >= 11 is 0. The molecule has 0 bridgehead atoms. The molecule has 0 radical (unpaired) electrons. The fourth-order valence-corrected chi connectivity index (χ4v) is 3.21. The molecule has 1 aromatic carbocycles. The highest BCUT2D eigenvalue weighted by Crippen LogP contribution is 2.40. The minimum absolute atomic E-state index is 0.141. The van der Waals surface area contributed by atoms with Gasteiger partial charge >= 0.3 is 12.5 Å². The Kier molecular flexibility index (Phi) is 8.14. The normalized spacial score (nSPS) is 15.4. The van der Waals surface area contributed by atoms with Gasteiger partial charge in [0.1, 0.15) is 22.9 Å². The molecule has 0 amide bonds. The first-order valence-corrected chi connectivity index (χ1v) is 10.8. The Balaban J connectivity index is 0.000000223. The number of terminal acetylenes is 1. The molecule has 3 aromatic rings. The molecule has 2 heterocycles. The minimum atomic E-state index is -4.60. The first-order chi connectivity index (χ1) is 16.6. The smallest absolute Gasteiger partial charge is 0.492 e. The Hall–Kier alpha value is -3.42. The maximum absolute atomic E-state index is 13.4. The molecule has 2 fully saturated rings. The number of nitrogens with zero attached hydrogens (tertiary/aromatic N) is 3. The topological polar surface area (TPSA) is 48.7 Å². The predicted molar refractivity (Wildman–Crippen MR) is 116 cm³/mol. The summed E-state index contributed by atoms with van der Waals surface area (Å²) in [5.74, 6) is 1.18. The van der Waals surface area contributed by atoms with Crippen LogP contribution in [0, 0.1) is 24.7 Å². The summed E-state index contributed by atoms with van der Waals surface area (Å²) in [5, 5.41) is 7.74. The Bertz CT molecular complexity index is 1120. The van der Waals surface area contributed by atoms with Crippen molar-refractivity contribution in [3.63, 3.8) is 0 Å². The number of para-hydroxylation sites is 1. The Labute approximate surface area is 198 Å². The summed E-state index contributed by atoms with van der Waals surface area (Å²) in [6, 6.07) is 8.43. The van der Waals surface area contributed by atoms with Crippen molar-refractivity contribution in [3.8, 4) is 24.3 Å². The van der Waals surface area contributed by atoms with Crippen molar-refractivity contribution in [2.75, 3.05) is 6.61 Å². The van der Waals surface area contributed by atoms with Crippen LogP contribution in [0.4, 0.5) is 26.3 Å². The van der Waals surface area contributed by atoms with Crippen LogP contribution < -0.4 is 9.47 Å². The summed E-state index contributed by atoms with van der Waals surface area (Å²) in [5.41, 5.74) is -0.971. The van der Waals surface area contributed by atoms with E-state index in [-0.39, 0.29) is 17.1 Å². The van der Waals surface area contributed by atoms with E-state index < -0.39 is 18.1 Å². The van der Waals surface area contributed by atoms with Crippen molar-refractivity contribution in [3.05, 3.63) is 54.0 Å². The summed E-state index contributed by atoms with van der Waals surface area (Å²) in [4.78, 5) is 0. The molecule has 0 saturated heterocycles. The van der Waals surface area contributed by atoms with Gasteiger partial charge in [-0.2, -0.15) is 13.2 Å². The van der Waals surface area contributed by atoms with Crippen molar-refractivity contribution in [2.24, 2.45) is 11.8 Å². The van der Waals surface area contributed by atoms with E-state index in [4.69, 9.17) is 4.74 Å². The molecular weight excluding hydrogens is 476 g/mol. The van der Waals surface area contributed by atoms with E-state index in [1.807, 2.05) is 0 Å². The predicted octanol–water partition coefficient (Wildman–Crippen LogP) is 6.32. The average molecular weight is 499 g/mol. The third kappa shape index (κ3) is 7.80. The highest BCUT2D eigenvalue weighted by Gasteiger charge is 2.39. The lowest BCUT2D eigenvalue weighted by Gasteiger charge is -2.14. The number of pyridine rings is 1. The number of ether oxygens (including phenoxy) is 2. The first-order valence-electron chi connectivity index (χ1n) is 10.8. The quantitative estimate of drug-likeness (QED) is 0.294. The summed E-state index contributed by atoms with van der Waals surface area (Å²) in [6.07, 6.45) is 5.45. The van der Waals surface area contributed by atoms with Crippen molar-refractivity contribution in [1.82, 2.24) is 14.6 Å². The molecule has 35 heavy (non-hydrogen) atoms. The van der Waals surface area contributed by atoms with E-state index in [2.05, 4.69) is 27.8 Å². The van der Waals surface area contributed by atoms with Gasteiger partial charge in [-0.3, -0.25) is 4.40 Å². The monoisotopic (exact) mass is 499 g/mol. The van der Waals surface area contributed by atoms with E-state index in [1.165, 1.54) is 34.7 Å². The van der Waals surface area contributed by atoms with E-state index in [1.54, 1.807) is 12.3 Å². The molecule has 188 valence electrons. The fourth-order valence-electron chi connectivity index (χ4n) is 3.21. The van der Waals surface area contributed by atoms with Gasteiger partial charge in [0.25, 0.3) is 0 Å². The summed E-state index contributed by atoms with van der Waals surface area (Å²) in [7, 11) is 0. The summed E-state index contributed by atoms with van der Waals surface area (Å²) in [6.45, 7) is 0.336. The number of hydrogen-bond acceptors (Lipinski definition) is 4. The number of fused-ring (bicyclic) bond motifs is 1. The second kappa shape index (κ2) is 10.9.